The normalized spacial score (nSPS) is 11.7. The Kier molecular flexibility index (Phi) is 5.35. The third-order valence-corrected chi connectivity index (χ3v) is 4.20. The van der Waals surface area contributed by atoms with Crippen LogP contribution in [-0.2, 0) is 16.6 Å². The molecular formula is C13H16ClN3O3S. The highest BCUT2D eigenvalue weighted by atomic mass is 35.5. The summed E-state index contributed by atoms with van der Waals surface area (Å²) in [6, 6.07) is 8.99. The fraction of sp³-hybridized carbons (Fsp3) is 0.308. The number of benzene rings is 1. The molecule has 2 rings (SSSR count). The summed E-state index contributed by atoms with van der Waals surface area (Å²) < 4.78 is 32.8. The average Bonchev–Trinajstić information content (AvgIpc) is 2.88. The monoisotopic (exact) mass is 329 g/mol. The van der Waals surface area contributed by atoms with Crippen LogP contribution in [0.15, 0.2) is 34.9 Å². The molecule has 2 aromatic rings. The summed E-state index contributed by atoms with van der Waals surface area (Å²) >= 11 is 5.82. The van der Waals surface area contributed by atoms with E-state index in [1.807, 2.05) is 12.1 Å². The van der Waals surface area contributed by atoms with Crippen LogP contribution in [0.1, 0.15) is 12.6 Å². The average molecular weight is 330 g/mol. The molecule has 0 spiro atoms. The Morgan fingerprint density at radius 3 is 2.62 bits per heavy atom. The molecular weight excluding hydrogens is 314 g/mol. The minimum atomic E-state index is -3.42. The van der Waals surface area contributed by atoms with E-state index in [1.54, 1.807) is 25.1 Å². The summed E-state index contributed by atoms with van der Waals surface area (Å²) in [5.74, 6) is 0.621. The number of nitrogens with zero attached hydrogens (tertiary/aromatic N) is 1. The van der Waals surface area contributed by atoms with E-state index in [0.29, 0.717) is 29.4 Å². The second-order valence-corrected chi connectivity index (χ2v) is 6.36. The molecule has 0 fully saturated rings. The van der Waals surface area contributed by atoms with Gasteiger partial charge in [0.2, 0.25) is 0 Å². The maximum Gasteiger partial charge on any atom is 0.276 e. The van der Waals surface area contributed by atoms with Crippen LogP contribution >= 0.6 is 11.6 Å². The van der Waals surface area contributed by atoms with Gasteiger partial charge in [0.1, 0.15) is 0 Å². The van der Waals surface area contributed by atoms with Gasteiger partial charge in [-0.05, 0) is 24.3 Å². The second-order valence-electron chi connectivity index (χ2n) is 4.34. The van der Waals surface area contributed by atoms with Gasteiger partial charge in [0.15, 0.2) is 5.76 Å². The van der Waals surface area contributed by atoms with Crippen LogP contribution in [-0.4, -0.2) is 26.7 Å². The van der Waals surface area contributed by atoms with Gasteiger partial charge in [-0.25, -0.2) is 9.44 Å². The van der Waals surface area contributed by atoms with Crippen LogP contribution in [0.5, 0.6) is 0 Å². The van der Waals surface area contributed by atoms with Gasteiger partial charge < -0.3 is 4.52 Å². The third kappa shape index (κ3) is 4.82. The van der Waals surface area contributed by atoms with Gasteiger partial charge in [0.05, 0.1) is 5.69 Å². The van der Waals surface area contributed by atoms with Gasteiger partial charge in [0.25, 0.3) is 10.2 Å². The first kappa shape index (κ1) is 16.0. The smallest absolute Gasteiger partial charge is 0.276 e. The highest BCUT2D eigenvalue weighted by Gasteiger charge is 2.09. The Labute approximate surface area is 128 Å². The lowest BCUT2D eigenvalue weighted by molar-refractivity contribution is 0.423. The molecule has 0 unspecified atom stereocenters. The van der Waals surface area contributed by atoms with Gasteiger partial charge in [-0.1, -0.05) is 23.7 Å². The van der Waals surface area contributed by atoms with Crippen LogP contribution in [0.2, 0.25) is 5.02 Å². The SMILES string of the molecule is CCNS(=O)(=O)NCCc1cc(-c2ccc(Cl)cc2)on1. The summed E-state index contributed by atoms with van der Waals surface area (Å²) in [4.78, 5) is 0. The van der Waals surface area contributed by atoms with E-state index in [9.17, 15) is 8.42 Å². The first-order chi connectivity index (χ1) is 10.00. The van der Waals surface area contributed by atoms with E-state index in [2.05, 4.69) is 14.6 Å². The van der Waals surface area contributed by atoms with Crippen molar-refractivity contribution in [2.24, 2.45) is 0 Å². The van der Waals surface area contributed by atoms with E-state index >= 15 is 0 Å². The Morgan fingerprint density at radius 1 is 1.24 bits per heavy atom. The van der Waals surface area contributed by atoms with Crippen molar-refractivity contribution in [1.29, 1.82) is 0 Å². The number of aromatic nitrogens is 1. The van der Waals surface area contributed by atoms with Crippen molar-refractivity contribution in [2.45, 2.75) is 13.3 Å². The Bertz CT molecular complexity index is 683. The highest BCUT2D eigenvalue weighted by Crippen LogP contribution is 2.22. The highest BCUT2D eigenvalue weighted by molar-refractivity contribution is 7.87. The summed E-state index contributed by atoms with van der Waals surface area (Å²) in [5, 5.41) is 4.57. The van der Waals surface area contributed by atoms with Crippen molar-refractivity contribution in [3.05, 3.63) is 41.0 Å². The van der Waals surface area contributed by atoms with Gasteiger partial charge in [-0.2, -0.15) is 8.42 Å². The second kappa shape index (κ2) is 7.04. The number of nitrogens with one attached hydrogen (secondary N) is 2. The quantitative estimate of drug-likeness (QED) is 0.813. The lowest BCUT2D eigenvalue weighted by atomic mass is 10.1. The van der Waals surface area contributed by atoms with Gasteiger partial charge in [0, 0.05) is 36.2 Å². The molecule has 6 nitrogen and oxygen atoms in total. The van der Waals surface area contributed by atoms with E-state index in [4.69, 9.17) is 16.1 Å². The van der Waals surface area contributed by atoms with E-state index in [0.717, 1.165) is 5.56 Å². The van der Waals surface area contributed by atoms with Crippen LogP contribution in [0.4, 0.5) is 0 Å². The van der Waals surface area contributed by atoms with E-state index in [1.165, 1.54) is 0 Å². The van der Waals surface area contributed by atoms with Crippen molar-refractivity contribution in [2.75, 3.05) is 13.1 Å². The molecule has 0 saturated carbocycles. The molecule has 0 bridgehead atoms. The predicted molar refractivity (Wildman–Crippen MR) is 81.3 cm³/mol. The maximum absolute atomic E-state index is 11.4. The third-order valence-electron chi connectivity index (χ3n) is 2.70. The van der Waals surface area contributed by atoms with Crippen molar-refractivity contribution in [3.63, 3.8) is 0 Å². The molecule has 0 aliphatic carbocycles. The minimum absolute atomic E-state index is 0.252. The van der Waals surface area contributed by atoms with Crippen LogP contribution in [0, 0.1) is 0 Å². The Balaban J connectivity index is 1.93. The lowest BCUT2D eigenvalue weighted by Crippen LogP contribution is -2.37. The number of halogens is 1. The molecule has 114 valence electrons. The van der Waals surface area contributed by atoms with E-state index in [-0.39, 0.29) is 6.54 Å². The van der Waals surface area contributed by atoms with Gasteiger partial charge in [-0.15, -0.1) is 0 Å². The number of rotatable bonds is 7. The molecule has 21 heavy (non-hydrogen) atoms. The van der Waals surface area contributed by atoms with Crippen molar-refractivity contribution in [1.82, 2.24) is 14.6 Å². The fourth-order valence-corrected chi connectivity index (χ4v) is 2.71. The van der Waals surface area contributed by atoms with E-state index < -0.39 is 10.2 Å². The van der Waals surface area contributed by atoms with Crippen molar-refractivity contribution in [3.8, 4) is 11.3 Å². The lowest BCUT2D eigenvalue weighted by Gasteiger charge is -2.04. The Hall–Kier alpha value is -1.41. The summed E-state index contributed by atoms with van der Waals surface area (Å²) in [6.45, 7) is 2.32. The molecule has 8 heteroatoms. The Morgan fingerprint density at radius 2 is 1.95 bits per heavy atom. The maximum atomic E-state index is 11.4. The predicted octanol–water partition coefficient (Wildman–Crippen LogP) is 1.98. The summed E-state index contributed by atoms with van der Waals surface area (Å²) in [5.41, 5.74) is 1.55. The molecule has 0 aliphatic heterocycles. The zero-order valence-corrected chi connectivity index (χ0v) is 13.0. The fourth-order valence-electron chi connectivity index (χ4n) is 1.73. The first-order valence-electron chi connectivity index (χ1n) is 6.46. The van der Waals surface area contributed by atoms with Crippen molar-refractivity contribution < 1.29 is 12.9 Å². The zero-order chi connectivity index (χ0) is 15.3. The molecule has 1 aromatic carbocycles. The molecule has 0 saturated heterocycles. The molecule has 2 N–H and O–H groups in total. The summed E-state index contributed by atoms with van der Waals surface area (Å²) in [6.07, 6.45) is 0.446. The molecule has 1 heterocycles. The minimum Gasteiger partial charge on any atom is -0.356 e. The topological polar surface area (TPSA) is 84.2 Å². The molecule has 0 aliphatic rings. The zero-order valence-electron chi connectivity index (χ0n) is 11.5. The van der Waals surface area contributed by atoms with Crippen molar-refractivity contribution >= 4 is 21.8 Å². The molecule has 0 amide bonds. The molecule has 0 atom stereocenters. The first-order valence-corrected chi connectivity index (χ1v) is 8.32. The largest absolute Gasteiger partial charge is 0.356 e. The molecule has 1 aromatic heterocycles. The van der Waals surface area contributed by atoms with Gasteiger partial charge in [-0.3, -0.25) is 0 Å². The standard InChI is InChI=1S/C13H16ClN3O3S/c1-2-15-21(18,19)16-8-7-12-9-13(20-17-12)10-3-5-11(14)6-4-10/h3-6,9,15-16H,2,7-8H2,1H3. The van der Waals surface area contributed by atoms with Crippen LogP contribution in [0.3, 0.4) is 0 Å². The molecule has 0 radical (unpaired) electrons. The van der Waals surface area contributed by atoms with Crippen LogP contribution < -0.4 is 9.44 Å². The number of hydrogen-bond acceptors (Lipinski definition) is 4. The summed E-state index contributed by atoms with van der Waals surface area (Å²) in [7, 11) is -3.42. The van der Waals surface area contributed by atoms with Crippen LogP contribution in [0.25, 0.3) is 11.3 Å². The number of hydrogen-bond donors (Lipinski definition) is 2. The van der Waals surface area contributed by atoms with Gasteiger partial charge >= 0.3 is 0 Å².